The van der Waals surface area contributed by atoms with Gasteiger partial charge in [-0.1, -0.05) is 20.8 Å². The zero-order valence-electron chi connectivity index (χ0n) is 9.27. The minimum absolute atomic E-state index is 0.0839. The molecule has 0 N–H and O–H groups in total. The van der Waals surface area contributed by atoms with E-state index in [0.717, 1.165) is 5.69 Å². The molecule has 1 nitrogen and oxygen atoms in total. The van der Waals surface area contributed by atoms with Crippen LogP contribution in [0.5, 0.6) is 0 Å². The van der Waals surface area contributed by atoms with Crippen LogP contribution in [0.4, 0.5) is 4.39 Å². The number of pyridine rings is 1. The summed E-state index contributed by atoms with van der Waals surface area (Å²) in [5, 5.41) is 0. The molecule has 1 aliphatic rings. The van der Waals surface area contributed by atoms with E-state index in [1.54, 1.807) is 0 Å². The van der Waals surface area contributed by atoms with Gasteiger partial charge in [-0.25, -0.2) is 4.98 Å². The lowest BCUT2D eigenvalue weighted by Gasteiger charge is -2.21. The molecule has 0 bridgehead atoms. The quantitative estimate of drug-likeness (QED) is 0.699. The number of hydrogen-bond acceptors (Lipinski definition) is 1. The first-order valence-corrected chi connectivity index (χ1v) is 6.05. The van der Waals surface area contributed by atoms with Crippen molar-refractivity contribution in [2.45, 2.75) is 44.9 Å². The average Bonchev–Trinajstić information content (AvgIpc) is 2.89. The van der Waals surface area contributed by atoms with Crippen molar-refractivity contribution < 1.29 is 4.39 Å². The summed E-state index contributed by atoms with van der Waals surface area (Å²) in [6.45, 7) is 6.23. The lowest BCUT2D eigenvalue weighted by Crippen LogP contribution is -2.17. The molecule has 0 aliphatic heterocycles. The molecule has 1 aromatic rings. The topological polar surface area (TPSA) is 12.9 Å². The Morgan fingerprint density at radius 3 is 2.47 bits per heavy atom. The third-order valence-electron chi connectivity index (χ3n) is 2.69. The van der Waals surface area contributed by atoms with Gasteiger partial charge in [0.1, 0.15) is 0 Å². The van der Waals surface area contributed by atoms with Gasteiger partial charge in [0, 0.05) is 5.41 Å². The monoisotopic (exact) mass is 271 g/mol. The van der Waals surface area contributed by atoms with Gasteiger partial charge < -0.3 is 0 Å². The van der Waals surface area contributed by atoms with E-state index in [1.165, 1.54) is 18.4 Å². The normalized spacial score (nSPS) is 16.9. The van der Waals surface area contributed by atoms with Crippen molar-refractivity contribution in [3.63, 3.8) is 0 Å². The maximum atomic E-state index is 13.4. The van der Waals surface area contributed by atoms with E-state index >= 15 is 0 Å². The summed E-state index contributed by atoms with van der Waals surface area (Å²) < 4.78 is 13.9. The molecule has 0 aromatic carbocycles. The van der Waals surface area contributed by atoms with Gasteiger partial charge in [0.05, 0.1) is 10.2 Å². The largest absolute Gasteiger partial charge is 0.227 e. The van der Waals surface area contributed by atoms with Crippen LogP contribution in [0, 0.1) is 5.95 Å². The first-order valence-electron chi connectivity index (χ1n) is 5.26. The molecule has 1 heterocycles. The molecule has 82 valence electrons. The lowest BCUT2D eigenvalue weighted by atomic mass is 9.87. The summed E-state index contributed by atoms with van der Waals surface area (Å²) in [6, 6.07) is 1.90. The van der Waals surface area contributed by atoms with Crippen LogP contribution < -0.4 is 0 Å². The molecule has 1 saturated carbocycles. The fraction of sp³-hybridized carbons (Fsp3) is 0.583. The van der Waals surface area contributed by atoms with Crippen LogP contribution >= 0.6 is 15.9 Å². The van der Waals surface area contributed by atoms with Crippen LogP contribution in [-0.2, 0) is 5.41 Å². The van der Waals surface area contributed by atoms with Crippen molar-refractivity contribution >= 4 is 15.9 Å². The van der Waals surface area contributed by atoms with Gasteiger partial charge in [0.2, 0.25) is 5.95 Å². The van der Waals surface area contributed by atoms with Crippen LogP contribution in [-0.4, -0.2) is 4.98 Å². The first-order chi connectivity index (χ1) is 6.89. The average molecular weight is 272 g/mol. The van der Waals surface area contributed by atoms with Gasteiger partial charge in [-0.2, -0.15) is 4.39 Å². The fourth-order valence-corrected chi connectivity index (χ4v) is 2.12. The maximum absolute atomic E-state index is 13.4. The SMILES string of the molecule is CC(C)(C)c1nc(F)c(Br)cc1C1CC1. The maximum Gasteiger partial charge on any atom is 0.227 e. The second-order valence-corrected chi connectivity index (χ2v) is 6.08. The Bertz CT molecular complexity index is 391. The fourth-order valence-electron chi connectivity index (χ4n) is 1.79. The van der Waals surface area contributed by atoms with Crippen LogP contribution in [0.15, 0.2) is 10.5 Å². The summed E-state index contributed by atoms with van der Waals surface area (Å²) in [4.78, 5) is 4.09. The molecular formula is C12H15BrFN. The Kier molecular flexibility index (Phi) is 2.61. The van der Waals surface area contributed by atoms with E-state index in [9.17, 15) is 4.39 Å². The molecule has 1 aliphatic carbocycles. The number of aromatic nitrogens is 1. The van der Waals surface area contributed by atoms with Gasteiger partial charge in [-0.05, 0) is 46.3 Å². The smallest absolute Gasteiger partial charge is 0.223 e. The van der Waals surface area contributed by atoms with Crippen molar-refractivity contribution in [1.29, 1.82) is 0 Å². The summed E-state index contributed by atoms with van der Waals surface area (Å²) >= 11 is 3.21. The molecular weight excluding hydrogens is 257 g/mol. The number of halogens is 2. The minimum Gasteiger partial charge on any atom is -0.223 e. The molecule has 0 radical (unpaired) electrons. The molecule has 2 rings (SSSR count). The van der Waals surface area contributed by atoms with E-state index in [1.807, 2.05) is 6.07 Å². The summed E-state index contributed by atoms with van der Waals surface area (Å²) in [5.41, 5.74) is 2.04. The van der Waals surface area contributed by atoms with Gasteiger partial charge >= 0.3 is 0 Å². The van der Waals surface area contributed by atoms with E-state index in [4.69, 9.17) is 0 Å². The van der Waals surface area contributed by atoms with E-state index in [2.05, 4.69) is 41.7 Å². The summed E-state index contributed by atoms with van der Waals surface area (Å²) in [5.74, 6) is 0.202. The van der Waals surface area contributed by atoms with Gasteiger partial charge in [0.15, 0.2) is 0 Å². The zero-order chi connectivity index (χ0) is 11.2. The highest BCUT2D eigenvalue weighted by Crippen LogP contribution is 2.44. The Labute approximate surface area is 98.2 Å². The molecule has 1 aromatic heterocycles. The molecule has 1 fully saturated rings. The highest BCUT2D eigenvalue weighted by Gasteiger charge is 2.31. The van der Waals surface area contributed by atoms with E-state index in [0.29, 0.717) is 10.4 Å². The molecule has 0 amide bonds. The van der Waals surface area contributed by atoms with Crippen molar-refractivity contribution in [3.8, 4) is 0 Å². The first kappa shape index (κ1) is 11.1. The van der Waals surface area contributed by atoms with Crippen molar-refractivity contribution in [2.75, 3.05) is 0 Å². The standard InChI is InChI=1S/C12H15BrFN/c1-12(2,3)10-8(7-4-5-7)6-9(13)11(14)15-10/h6-7H,4-5H2,1-3H3. The molecule has 0 unspecified atom stereocenters. The lowest BCUT2D eigenvalue weighted by molar-refractivity contribution is 0.513. The molecule has 15 heavy (non-hydrogen) atoms. The molecule has 3 heteroatoms. The van der Waals surface area contributed by atoms with Crippen molar-refractivity contribution in [2.24, 2.45) is 0 Å². The molecule has 0 saturated heterocycles. The van der Waals surface area contributed by atoms with Gasteiger partial charge in [-0.3, -0.25) is 0 Å². The Hall–Kier alpha value is -0.440. The van der Waals surface area contributed by atoms with Crippen molar-refractivity contribution in [3.05, 3.63) is 27.7 Å². The second kappa shape index (κ2) is 3.55. The summed E-state index contributed by atoms with van der Waals surface area (Å²) in [6.07, 6.45) is 2.42. The third-order valence-corrected chi connectivity index (χ3v) is 3.25. The number of nitrogens with zero attached hydrogens (tertiary/aromatic N) is 1. The van der Waals surface area contributed by atoms with Crippen LogP contribution in [0.2, 0.25) is 0 Å². The summed E-state index contributed by atoms with van der Waals surface area (Å²) in [7, 11) is 0. The predicted octanol–water partition coefficient (Wildman–Crippen LogP) is 4.16. The van der Waals surface area contributed by atoms with Crippen LogP contribution in [0.3, 0.4) is 0 Å². The Morgan fingerprint density at radius 1 is 1.40 bits per heavy atom. The number of hydrogen-bond donors (Lipinski definition) is 0. The molecule has 0 atom stereocenters. The second-order valence-electron chi connectivity index (χ2n) is 5.22. The van der Waals surface area contributed by atoms with E-state index in [-0.39, 0.29) is 5.41 Å². The van der Waals surface area contributed by atoms with Gasteiger partial charge in [-0.15, -0.1) is 0 Å². The molecule has 0 spiro atoms. The van der Waals surface area contributed by atoms with Crippen LogP contribution in [0.1, 0.15) is 50.8 Å². The van der Waals surface area contributed by atoms with Gasteiger partial charge in [0.25, 0.3) is 0 Å². The highest BCUT2D eigenvalue weighted by atomic mass is 79.9. The van der Waals surface area contributed by atoms with Crippen molar-refractivity contribution in [1.82, 2.24) is 4.98 Å². The van der Waals surface area contributed by atoms with E-state index < -0.39 is 5.95 Å². The number of rotatable bonds is 1. The third kappa shape index (κ3) is 2.22. The highest BCUT2D eigenvalue weighted by molar-refractivity contribution is 9.10. The Morgan fingerprint density at radius 2 is 2.00 bits per heavy atom. The predicted molar refractivity (Wildman–Crippen MR) is 62.6 cm³/mol. The van der Waals surface area contributed by atoms with Crippen LogP contribution in [0.25, 0.3) is 0 Å². The zero-order valence-corrected chi connectivity index (χ0v) is 10.9. The minimum atomic E-state index is -0.399. The Balaban J connectivity index is 2.55.